The van der Waals surface area contributed by atoms with Gasteiger partial charge in [0.15, 0.2) is 0 Å². The highest BCUT2D eigenvalue weighted by molar-refractivity contribution is 6.31. The van der Waals surface area contributed by atoms with Crippen LogP contribution in [0.1, 0.15) is 64.4 Å². The second-order valence-corrected chi connectivity index (χ2v) is 6.47. The molecule has 0 radical (unpaired) electrons. The minimum atomic E-state index is 0.169. The fraction of sp³-hybridized carbons (Fsp3) is 0.706. The molecule has 0 bridgehead atoms. The maximum absolute atomic E-state index is 6.27. The molecule has 118 valence electrons. The van der Waals surface area contributed by atoms with Crippen LogP contribution in [0.15, 0.2) is 12.3 Å². The molecule has 0 aliphatic heterocycles. The molecule has 3 nitrogen and oxygen atoms in total. The number of ether oxygens (including phenoxy) is 1. The lowest BCUT2D eigenvalue weighted by molar-refractivity contribution is 0.198. The summed E-state index contributed by atoms with van der Waals surface area (Å²) in [5.41, 5.74) is 1.12. The highest BCUT2D eigenvalue weighted by Crippen LogP contribution is 2.25. The average molecular weight is 311 g/mol. The molecule has 1 atom stereocenters. The van der Waals surface area contributed by atoms with Crippen LogP contribution in [-0.4, -0.2) is 17.1 Å². The van der Waals surface area contributed by atoms with Crippen LogP contribution in [0.25, 0.3) is 0 Å². The number of hydrogen-bond donors (Lipinski definition) is 1. The van der Waals surface area contributed by atoms with E-state index in [4.69, 9.17) is 16.3 Å². The third-order valence-electron chi connectivity index (χ3n) is 3.81. The normalized spacial score (nSPS) is 16.0. The van der Waals surface area contributed by atoms with Crippen molar-refractivity contribution in [3.63, 3.8) is 0 Å². The molecule has 1 heterocycles. The quantitative estimate of drug-likeness (QED) is 0.635. The van der Waals surface area contributed by atoms with Gasteiger partial charge in [-0.15, -0.1) is 0 Å². The number of rotatable bonds is 10. The summed E-state index contributed by atoms with van der Waals surface area (Å²) in [4.78, 5) is 4.37. The number of pyridine rings is 1. The molecule has 0 spiro atoms. The van der Waals surface area contributed by atoms with Gasteiger partial charge in [0, 0.05) is 18.8 Å². The largest absolute Gasteiger partial charge is 0.474 e. The summed E-state index contributed by atoms with van der Waals surface area (Å²) >= 11 is 6.27. The Labute approximate surface area is 133 Å². The van der Waals surface area contributed by atoms with Gasteiger partial charge in [-0.05, 0) is 44.2 Å². The van der Waals surface area contributed by atoms with Crippen molar-refractivity contribution in [3.05, 3.63) is 22.8 Å². The summed E-state index contributed by atoms with van der Waals surface area (Å²) < 4.78 is 5.85. The Morgan fingerprint density at radius 2 is 2.19 bits per heavy atom. The Morgan fingerprint density at radius 1 is 1.38 bits per heavy atom. The van der Waals surface area contributed by atoms with E-state index in [1.54, 1.807) is 0 Å². The summed E-state index contributed by atoms with van der Waals surface area (Å²) in [6.45, 7) is 5.15. The zero-order valence-corrected chi connectivity index (χ0v) is 14.0. The number of halogens is 1. The molecule has 4 heteroatoms. The summed E-state index contributed by atoms with van der Waals surface area (Å²) in [7, 11) is 0. The van der Waals surface area contributed by atoms with E-state index >= 15 is 0 Å². The van der Waals surface area contributed by atoms with Crippen LogP contribution in [0.3, 0.4) is 0 Å². The Hall–Kier alpha value is -0.800. The van der Waals surface area contributed by atoms with E-state index in [9.17, 15) is 0 Å². The molecule has 1 aromatic rings. The van der Waals surface area contributed by atoms with E-state index in [0.29, 0.717) is 16.9 Å². The summed E-state index contributed by atoms with van der Waals surface area (Å²) in [6, 6.07) is 2.66. The van der Waals surface area contributed by atoms with Gasteiger partial charge in [-0.2, -0.15) is 0 Å². The fourth-order valence-corrected chi connectivity index (χ4v) is 2.54. The smallest absolute Gasteiger partial charge is 0.232 e. The van der Waals surface area contributed by atoms with Crippen molar-refractivity contribution in [1.29, 1.82) is 0 Å². The molecule has 1 saturated carbocycles. The van der Waals surface area contributed by atoms with E-state index in [-0.39, 0.29) is 6.10 Å². The van der Waals surface area contributed by atoms with E-state index in [1.807, 2.05) is 12.3 Å². The van der Waals surface area contributed by atoms with Crippen molar-refractivity contribution >= 4 is 11.6 Å². The van der Waals surface area contributed by atoms with Crippen molar-refractivity contribution in [2.24, 2.45) is 0 Å². The van der Waals surface area contributed by atoms with Crippen molar-refractivity contribution in [2.45, 2.75) is 77.5 Å². The molecule has 1 N–H and O–H groups in total. The Kier molecular flexibility index (Phi) is 6.78. The molecule has 1 fully saturated rings. The minimum absolute atomic E-state index is 0.169. The highest BCUT2D eigenvalue weighted by Gasteiger charge is 2.20. The summed E-state index contributed by atoms with van der Waals surface area (Å²) in [5, 5.41) is 4.08. The Morgan fingerprint density at radius 3 is 2.86 bits per heavy atom. The van der Waals surface area contributed by atoms with Crippen LogP contribution < -0.4 is 10.1 Å². The zero-order valence-electron chi connectivity index (χ0n) is 13.2. The molecule has 1 unspecified atom stereocenters. The third-order valence-corrected chi connectivity index (χ3v) is 4.08. The van der Waals surface area contributed by atoms with Crippen LogP contribution in [-0.2, 0) is 6.54 Å². The van der Waals surface area contributed by atoms with Gasteiger partial charge in [-0.25, -0.2) is 4.98 Å². The van der Waals surface area contributed by atoms with Gasteiger partial charge in [0.1, 0.15) is 5.02 Å². The van der Waals surface area contributed by atoms with Crippen LogP contribution in [0, 0.1) is 0 Å². The van der Waals surface area contributed by atoms with E-state index < -0.39 is 0 Å². The zero-order chi connectivity index (χ0) is 15.1. The Balaban J connectivity index is 1.76. The molecular weight excluding hydrogens is 284 g/mol. The van der Waals surface area contributed by atoms with Gasteiger partial charge in [0.05, 0.1) is 6.10 Å². The molecule has 1 aliphatic carbocycles. The molecule has 0 saturated heterocycles. The number of nitrogens with one attached hydrogen (secondary N) is 1. The summed E-state index contributed by atoms with van der Waals surface area (Å²) in [5.74, 6) is 0.565. The SMILES string of the molecule is CCCCCCC(C)Oc1ncc(CNC2CC2)cc1Cl. The molecule has 21 heavy (non-hydrogen) atoms. The van der Waals surface area contributed by atoms with Crippen molar-refractivity contribution in [3.8, 4) is 5.88 Å². The van der Waals surface area contributed by atoms with Gasteiger partial charge in [0.2, 0.25) is 5.88 Å². The van der Waals surface area contributed by atoms with Crippen molar-refractivity contribution in [2.75, 3.05) is 0 Å². The van der Waals surface area contributed by atoms with Crippen molar-refractivity contribution in [1.82, 2.24) is 10.3 Å². The molecule has 1 aliphatic rings. The van der Waals surface area contributed by atoms with Crippen LogP contribution in [0.5, 0.6) is 5.88 Å². The standard InChI is InChI=1S/C17H27ClN2O/c1-3-4-5-6-7-13(2)21-17-16(18)10-14(12-20-17)11-19-15-8-9-15/h10,12-13,15,19H,3-9,11H2,1-2H3. The summed E-state index contributed by atoms with van der Waals surface area (Å²) in [6.07, 6.45) is 10.7. The van der Waals surface area contributed by atoms with Gasteiger partial charge >= 0.3 is 0 Å². The van der Waals surface area contributed by atoms with Crippen LogP contribution in [0.4, 0.5) is 0 Å². The number of nitrogens with zero attached hydrogens (tertiary/aromatic N) is 1. The van der Waals surface area contributed by atoms with Gasteiger partial charge in [-0.1, -0.05) is 37.8 Å². The van der Waals surface area contributed by atoms with Gasteiger partial charge in [0.25, 0.3) is 0 Å². The van der Waals surface area contributed by atoms with Crippen LogP contribution >= 0.6 is 11.6 Å². The highest BCUT2D eigenvalue weighted by atomic mass is 35.5. The second kappa shape index (κ2) is 8.60. The predicted molar refractivity (Wildman–Crippen MR) is 88.0 cm³/mol. The minimum Gasteiger partial charge on any atom is -0.474 e. The van der Waals surface area contributed by atoms with E-state index in [1.165, 1.54) is 38.5 Å². The molecule has 2 rings (SSSR count). The predicted octanol–water partition coefficient (Wildman–Crippen LogP) is 4.72. The first-order chi connectivity index (χ1) is 10.2. The Bertz CT molecular complexity index is 435. The van der Waals surface area contributed by atoms with Gasteiger partial charge in [-0.3, -0.25) is 0 Å². The maximum atomic E-state index is 6.27. The van der Waals surface area contributed by atoms with E-state index in [2.05, 4.69) is 24.1 Å². The second-order valence-electron chi connectivity index (χ2n) is 6.06. The monoisotopic (exact) mass is 310 g/mol. The van der Waals surface area contributed by atoms with Crippen molar-refractivity contribution < 1.29 is 4.74 Å². The molecule has 0 aromatic carbocycles. The first-order valence-corrected chi connectivity index (χ1v) is 8.61. The first kappa shape index (κ1) is 16.6. The number of hydrogen-bond acceptors (Lipinski definition) is 3. The fourth-order valence-electron chi connectivity index (χ4n) is 2.31. The topological polar surface area (TPSA) is 34.1 Å². The lowest BCUT2D eigenvalue weighted by atomic mass is 10.1. The van der Waals surface area contributed by atoms with E-state index in [0.717, 1.165) is 18.5 Å². The van der Waals surface area contributed by atoms with Crippen LogP contribution in [0.2, 0.25) is 5.02 Å². The first-order valence-electron chi connectivity index (χ1n) is 8.23. The molecule has 1 aromatic heterocycles. The third kappa shape index (κ3) is 6.23. The average Bonchev–Trinajstić information content (AvgIpc) is 3.28. The number of unbranched alkanes of at least 4 members (excludes halogenated alkanes) is 3. The molecule has 0 amide bonds. The maximum Gasteiger partial charge on any atom is 0.232 e. The van der Waals surface area contributed by atoms with Gasteiger partial charge < -0.3 is 10.1 Å². The molecular formula is C17H27ClN2O. The lowest BCUT2D eigenvalue weighted by Crippen LogP contribution is -2.16. The number of aromatic nitrogens is 1. The lowest BCUT2D eigenvalue weighted by Gasteiger charge is -2.15.